The molecule has 0 aliphatic carbocycles. The molecule has 0 bridgehead atoms. The van der Waals surface area contributed by atoms with Gasteiger partial charge in [0, 0.05) is 0 Å². The number of rotatable bonds is 4. The van der Waals surface area contributed by atoms with Crippen LogP contribution < -0.4 is 11.3 Å². The Kier molecular flexibility index (Phi) is 4.57. The van der Waals surface area contributed by atoms with Crippen molar-refractivity contribution in [3.05, 3.63) is 41.6 Å². The fraction of sp³-hybridized carbons (Fsp3) is 0.200. The number of hydrazine groups is 1. The fourth-order valence-corrected chi connectivity index (χ4v) is 5.15. The Morgan fingerprint density at radius 3 is 2.75 bits per heavy atom. The van der Waals surface area contributed by atoms with E-state index in [1.165, 1.54) is 11.1 Å². The number of halogens is 2. The van der Waals surface area contributed by atoms with Gasteiger partial charge in [-0.25, -0.2) is 0 Å². The molecule has 0 spiro atoms. The smallest absolute Gasteiger partial charge is 0.0758 e. The first-order chi connectivity index (χ1) is 7.70. The monoisotopic (exact) mass is 380 g/mol. The van der Waals surface area contributed by atoms with E-state index in [0.717, 1.165) is 14.0 Å². The second kappa shape index (κ2) is 5.75. The van der Waals surface area contributed by atoms with E-state index in [9.17, 15) is 0 Å². The zero-order valence-electron chi connectivity index (χ0n) is 8.24. The van der Waals surface area contributed by atoms with Gasteiger partial charge in [0.05, 0.1) is 13.6 Å². The van der Waals surface area contributed by atoms with Crippen molar-refractivity contribution in [1.29, 1.82) is 0 Å². The first-order valence-electron chi connectivity index (χ1n) is 4.62. The van der Waals surface area contributed by atoms with Crippen molar-refractivity contribution < 1.29 is 0 Å². The molecular formula is C10H10Br2N2S2. The summed E-state index contributed by atoms with van der Waals surface area (Å²) >= 11 is 10.4. The third kappa shape index (κ3) is 2.94. The van der Waals surface area contributed by atoms with Gasteiger partial charge < -0.3 is 0 Å². The molecule has 0 saturated carbocycles. The predicted octanol–water partition coefficient (Wildman–Crippen LogP) is 4.08. The lowest BCUT2D eigenvalue weighted by atomic mass is 10.0. The molecule has 2 heterocycles. The van der Waals surface area contributed by atoms with Gasteiger partial charge in [-0.1, -0.05) is 0 Å². The van der Waals surface area contributed by atoms with Gasteiger partial charge in [-0.3, -0.25) is 11.3 Å². The molecular weight excluding hydrogens is 372 g/mol. The quantitative estimate of drug-likeness (QED) is 0.618. The minimum atomic E-state index is 0.145. The molecule has 0 saturated heterocycles. The Balaban J connectivity index is 2.19. The van der Waals surface area contributed by atoms with Crippen LogP contribution in [0.5, 0.6) is 0 Å². The van der Waals surface area contributed by atoms with Crippen LogP contribution in [0, 0.1) is 0 Å². The van der Waals surface area contributed by atoms with Crippen molar-refractivity contribution in [3.8, 4) is 0 Å². The Morgan fingerprint density at radius 1 is 1.44 bits per heavy atom. The molecule has 86 valence electrons. The highest BCUT2D eigenvalue weighted by atomic mass is 79.9. The van der Waals surface area contributed by atoms with Gasteiger partial charge in [0.1, 0.15) is 0 Å². The normalized spacial score (nSPS) is 12.9. The van der Waals surface area contributed by atoms with Gasteiger partial charge in [0.2, 0.25) is 0 Å². The number of nitrogens with two attached hydrogens (primary N) is 1. The molecule has 0 fully saturated rings. The highest BCUT2D eigenvalue weighted by Gasteiger charge is 2.16. The summed E-state index contributed by atoms with van der Waals surface area (Å²) in [6, 6.07) is 4.38. The molecule has 0 aliphatic rings. The molecule has 2 aromatic heterocycles. The highest BCUT2D eigenvalue weighted by molar-refractivity contribution is 9.12. The highest BCUT2D eigenvalue weighted by Crippen LogP contribution is 2.36. The Morgan fingerprint density at radius 2 is 2.25 bits per heavy atom. The molecule has 0 aliphatic heterocycles. The Labute approximate surface area is 119 Å². The first-order valence-corrected chi connectivity index (χ1v) is 7.97. The van der Waals surface area contributed by atoms with Crippen molar-refractivity contribution in [1.82, 2.24) is 5.43 Å². The van der Waals surface area contributed by atoms with Crippen LogP contribution >= 0.6 is 54.5 Å². The van der Waals surface area contributed by atoms with E-state index in [1.807, 2.05) is 0 Å². The van der Waals surface area contributed by atoms with Crippen LogP contribution in [0.3, 0.4) is 0 Å². The molecule has 0 aromatic carbocycles. The van der Waals surface area contributed by atoms with E-state index in [1.54, 1.807) is 22.7 Å². The number of hydrogen-bond donors (Lipinski definition) is 2. The second-order valence-corrected chi connectivity index (χ2v) is 7.86. The summed E-state index contributed by atoms with van der Waals surface area (Å²) in [4.78, 5) is 0. The SMILES string of the molecule is NNC(Cc1ccsc1)c1cc(Br)sc1Br. The summed E-state index contributed by atoms with van der Waals surface area (Å²) in [5.74, 6) is 5.62. The van der Waals surface area contributed by atoms with Crippen molar-refractivity contribution in [3.63, 3.8) is 0 Å². The van der Waals surface area contributed by atoms with Gasteiger partial charge in [-0.15, -0.1) is 11.3 Å². The van der Waals surface area contributed by atoms with E-state index >= 15 is 0 Å². The van der Waals surface area contributed by atoms with E-state index < -0.39 is 0 Å². The lowest BCUT2D eigenvalue weighted by molar-refractivity contribution is 0.552. The maximum atomic E-state index is 5.62. The molecule has 6 heteroatoms. The van der Waals surface area contributed by atoms with Gasteiger partial charge in [0.15, 0.2) is 0 Å². The van der Waals surface area contributed by atoms with Crippen molar-refractivity contribution in [2.24, 2.45) is 5.84 Å². The molecule has 16 heavy (non-hydrogen) atoms. The predicted molar refractivity (Wildman–Crippen MR) is 77.8 cm³/mol. The Hall–Kier alpha value is 0.280. The third-order valence-corrected chi connectivity index (χ3v) is 5.40. The van der Waals surface area contributed by atoms with E-state index in [2.05, 4.69) is 60.2 Å². The van der Waals surface area contributed by atoms with Crippen LogP contribution in [0.25, 0.3) is 0 Å². The summed E-state index contributed by atoms with van der Waals surface area (Å²) in [6.07, 6.45) is 0.905. The summed E-state index contributed by atoms with van der Waals surface area (Å²) in [7, 11) is 0. The molecule has 0 radical (unpaired) electrons. The minimum absolute atomic E-state index is 0.145. The van der Waals surface area contributed by atoms with E-state index in [4.69, 9.17) is 5.84 Å². The van der Waals surface area contributed by atoms with E-state index in [-0.39, 0.29) is 6.04 Å². The summed E-state index contributed by atoms with van der Waals surface area (Å²) < 4.78 is 2.23. The molecule has 0 amide bonds. The topological polar surface area (TPSA) is 38.0 Å². The van der Waals surface area contributed by atoms with Crippen LogP contribution in [0.1, 0.15) is 17.2 Å². The summed E-state index contributed by atoms with van der Waals surface area (Å²) in [6.45, 7) is 0. The first kappa shape index (κ1) is 12.7. The summed E-state index contributed by atoms with van der Waals surface area (Å²) in [5, 5.41) is 4.24. The number of nitrogens with one attached hydrogen (secondary N) is 1. The van der Waals surface area contributed by atoms with Crippen LogP contribution in [0.4, 0.5) is 0 Å². The van der Waals surface area contributed by atoms with E-state index in [0.29, 0.717) is 0 Å². The fourth-order valence-electron chi connectivity index (χ4n) is 1.49. The lowest BCUT2D eigenvalue weighted by Crippen LogP contribution is -2.29. The van der Waals surface area contributed by atoms with Gasteiger partial charge in [-0.2, -0.15) is 11.3 Å². The molecule has 3 N–H and O–H groups in total. The molecule has 1 atom stereocenters. The van der Waals surface area contributed by atoms with Crippen molar-refractivity contribution >= 4 is 54.5 Å². The average Bonchev–Trinajstić information content (AvgIpc) is 2.85. The van der Waals surface area contributed by atoms with Crippen molar-refractivity contribution in [2.45, 2.75) is 12.5 Å². The van der Waals surface area contributed by atoms with Crippen LogP contribution in [-0.4, -0.2) is 0 Å². The molecule has 2 rings (SSSR count). The molecule has 2 nitrogen and oxygen atoms in total. The van der Waals surface area contributed by atoms with Gasteiger partial charge in [0.25, 0.3) is 0 Å². The number of hydrogen-bond acceptors (Lipinski definition) is 4. The van der Waals surface area contributed by atoms with Crippen LogP contribution in [-0.2, 0) is 6.42 Å². The van der Waals surface area contributed by atoms with Crippen LogP contribution in [0.15, 0.2) is 30.5 Å². The van der Waals surface area contributed by atoms with Gasteiger partial charge in [-0.05, 0) is 72.3 Å². The standard InChI is InChI=1S/C10H10Br2N2S2/c11-9-4-7(10(12)16-9)8(14-13)3-6-1-2-15-5-6/h1-2,4-5,8,14H,3,13H2. The lowest BCUT2D eigenvalue weighted by Gasteiger charge is -2.14. The minimum Gasteiger partial charge on any atom is -0.271 e. The third-order valence-electron chi connectivity index (χ3n) is 2.28. The second-order valence-electron chi connectivity index (χ2n) is 3.33. The largest absolute Gasteiger partial charge is 0.271 e. The van der Waals surface area contributed by atoms with Crippen LogP contribution in [0.2, 0.25) is 0 Å². The average molecular weight is 382 g/mol. The maximum absolute atomic E-state index is 5.62. The number of thiophene rings is 2. The van der Waals surface area contributed by atoms with Gasteiger partial charge >= 0.3 is 0 Å². The molecule has 1 unspecified atom stereocenters. The maximum Gasteiger partial charge on any atom is 0.0758 e. The zero-order chi connectivity index (χ0) is 11.5. The summed E-state index contributed by atoms with van der Waals surface area (Å²) in [5.41, 5.74) is 5.38. The zero-order valence-corrected chi connectivity index (χ0v) is 13.0. The molecule has 2 aromatic rings. The Bertz CT molecular complexity index is 453. The van der Waals surface area contributed by atoms with Crippen molar-refractivity contribution in [2.75, 3.05) is 0 Å².